The van der Waals surface area contributed by atoms with E-state index in [2.05, 4.69) is 10.3 Å². The lowest BCUT2D eigenvalue weighted by molar-refractivity contribution is 0.102. The monoisotopic (exact) mass is 423 g/mol. The zero-order chi connectivity index (χ0) is 21.9. The van der Waals surface area contributed by atoms with Crippen molar-refractivity contribution in [1.29, 1.82) is 0 Å². The highest BCUT2D eigenvalue weighted by molar-refractivity contribution is 7.92. The van der Waals surface area contributed by atoms with Crippen LogP contribution in [0.5, 0.6) is 0 Å². The van der Waals surface area contributed by atoms with Gasteiger partial charge in [-0.3, -0.25) is 14.1 Å². The smallest absolute Gasteiger partial charge is 0.264 e. The van der Waals surface area contributed by atoms with Crippen LogP contribution in [0.4, 0.5) is 11.4 Å². The standard InChI is InChI=1S/C23H25N3O3S/c1-5-26(20-11-7-6-8-12-20)30(28,29)21-13-9-10-19(15-21)23(27)25-22-16(2)14-17(3)24-18(22)4/h6-15H,5H2,1-4H3,(H,25,27). The van der Waals surface area contributed by atoms with Crippen LogP contribution < -0.4 is 9.62 Å². The van der Waals surface area contributed by atoms with Crippen LogP contribution >= 0.6 is 0 Å². The SMILES string of the molecule is CCN(c1ccccc1)S(=O)(=O)c1cccc(C(=O)Nc2c(C)cc(C)nc2C)c1. The van der Waals surface area contributed by atoms with Crippen molar-refractivity contribution in [3.8, 4) is 0 Å². The van der Waals surface area contributed by atoms with E-state index in [0.717, 1.165) is 11.3 Å². The molecule has 0 fully saturated rings. The fourth-order valence-electron chi connectivity index (χ4n) is 3.41. The van der Waals surface area contributed by atoms with E-state index in [4.69, 9.17) is 0 Å². The number of hydrogen-bond acceptors (Lipinski definition) is 4. The van der Waals surface area contributed by atoms with E-state index >= 15 is 0 Å². The Morgan fingerprint density at radius 1 is 1.00 bits per heavy atom. The number of carbonyl (C=O) groups is 1. The number of para-hydroxylation sites is 1. The zero-order valence-corrected chi connectivity index (χ0v) is 18.3. The summed E-state index contributed by atoms with van der Waals surface area (Å²) in [5.41, 5.74) is 3.96. The number of benzene rings is 2. The molecule has 0 bridgehead atoms. The molecule has 3 aromatic rings. The summed E-state index contributed by atoms with van der Waals surface area (Å²) < 4.78 is 27.8. The largest absolute Gasteiger partial charge is 0.320 e. The summed E-state index contributed by atoms with van der Waals surface area (Å²) in [7, 11) is -3.81. The Hall–Kier alpha value is -3.19. The molecule has 0 unspecified atom stereocenters. The van der Waals surface area contributed by atoms with E-state index in [9.17, 15) is 13.2 Å². The van der Waals surface area contributed by atoms with E-state index in [0.29, 0.717) is 17.1 Å². The van der Waals surface area contributed by atoms with E-state index in [1.165, 1.54) is 16.4 Å². The van der Waals surface area contributed by atoms with Gasteiger partial charge in [0.25, 0.3) is 15.9 Å². The molecule has 7 heteroatoms. The Morgan fingerprint density at radius 2 is 1.70 bits per heavy atom. The average molecular weight is 424 g/mol. The summed E-state index contributed by atoms with van der Waals surface area (Å²) in [4.78, 5) is 17.3. The van der Waals surface area contributed by atoms with Crippen molar-refractivity contribution < 1.29 is 13.2 Å². The molecule has 0 radical (unpaired) electrons. The van der Waals surface area contributed by atoms with Gasteiger partial charge in [-0.15, -0.1) is 0 Å². The van der Waals surface area contributed by atoms with Crippen molar-refractivity contribution in [2.24, 2.45) is 0 Å². The van der Waals surface area contributed by atoms with Gasteiger partial charge >= 0.3 is 0 Å². The molecule has 0 saturated carbocycles. The highest BCUT2D eigenvalue weighted by Gasteiger charge is 2.24. The number of hydrogen-bond donors (Lipinski definition) is 1. The van der Waals surface area contributed by atoms with Crippen LogP contribution in [0.3, 0.4) is 0 Å². The summed E-state index contributed by atoms with van der Waals surface area (Å²) in [6, 6.07) is 16.9. The molecular weight excluding hydrogens is 398 g/mol. The predicted molar refractivity (Wildman–Crippen MR) is 119 cm³/mol. The van der Waals surface area contributed by atoms with Gasteiger partial charge in [-0.25, -0.2) is 8.42 Å². The number of nitrogens with zero attached hydrogens (tertiary/aromatic N) is 2. The number of nitrogens with one attached hydrogen (secondary N) is 1. The molecule has 0 aliphatic rings. The molecule has 1 N–H and O–H groups in total. The van der Waals surface area contributed by atoms with Crippen LogP contribution in [-0.2, 0) is 10.0 Å². The Balaban J connectivity index is 1.93. The molecule has 0 spiro atoms. The van der Waals surface area contributed by atoms with Gasteiger partial charge in [0.1, 0.15) is 0 Å². The van der Waals surface area contributed by atoms with Crippen LogP contribution in [0.1, 0.15) is 34.2 Å². The molecule has 0 saturated heterocycles. The van der Waals surface area contributed by atoms with Crippen molar-refractivity contribution in [2.45, 2.75) is 32.6 Å². The van der Waals surface area contributed by atoms with Gasteiger partial charge in [-0.2, -0.15) is 0 Å². The summed E-state index contributed by atoms with van der Waals surface area (Å²) in [6.45, 7) is 7.67. The van der Waals surface area contributed by atoms with Crippen LogP contribution in [0.25, 0.3) is 0 Å². The Morgan fingerprint density at radius 3 is 2.33 bits per heavy atom. The first-order valence-electron chi connectivity index (χ1n) is 9.68. The van der Waals surface area contributed by atoms with Crippen molar-refractivity contribution in [3.05, 3.63) is 83.2 Å². The Kier molecular flexibility index (Phi) is 6.22. The van der Waals surface area contributed by atoms with E-state index in [1.807, 2.05) is 32.9 Å². The highest BCUT2D eigenvalue weighted by Crippen LogP contribution is 2.25. The van der Waals surface area contributed by atoms with Crippen molar-refractivity contribution in [3.63, 3.8) is 0 Å². The molecule has 1 heterocycles. The molecular formula is C23H25N3O3S. The summed E-state index contributed by atoms with van der Waals surface area (Å²) in [6.07, 6.45) is 0. The minimum Gasteiger partial charge on any atom is -0.320 e. The van der Waals surface area contributed by atoms with Gasteiger partial charge in [0.15, 0.2) is 0 Å². The third kappa shape index (κ3) is 4.36. The minimum atomic E-state index is -3.81. The molecule has 0 aliphatic heterocycles. The lowest BCUT2D eigenvalue weighted by Crippen LogP contribution is -2.31. The minimum absolute atomic E-state index is 0.0660. The molecule has 156 valence electrons. The lowest BCUT2D eigenvalue weighted by Gasteiger charge is -2.23. The second kappa shape index (κ2) is 8.67. The maximum absolute atomic E-state index is 13.2. The van der Waals surface area contributed by atoms with E-state index in [-0.39, 0.29) is 22.9 Å². The second-order valence-electron chi connectivity index (χ2n) is 7.03. The van der Waals surface area contributed by atoms with Gasteiger partial charge in [-0.1, -0.05) is 24.3 Å². The maximum atomic E-state index is 13.2. The summed E-state index contributed by atoms with van der Waals surface area (Å²) >= 11 is 0. The van der Waals surface area contributed by atoms with Crippen LogP contribution in [0.15, 0.2) is 65.6 Å². The number of aryl methyl sites for hydroxylation is 3. The predicted octanol–water partition coefficient (Wildman–Crippen LogP) is 4.47. The molecule has 30 heavy (non-hydrogen) atoms. The number of aromatic nitrogens is 1. The summed E-state index contributed by atoms with van der Waals surface area (Å²) in [5, 5.41) is 2.87. The molecule has 1 aromatic heterocycles. The number of carbonyl (C=O) groups excluding carboxylic acids is 1. The van der Waals surface area contributed by atoms with Crippen molar-refractivity contribution in [2.75, 3.05) is 16.2 Å². The average Bonchev–Trinajstić information content (AvgIpc) is 2.71. The summed E-state index contributed by atoms with van der Waals surface area (Å²) in [5.74, 6) is -0.383. The number of anilines is 2. The third-order valence-electron chi connectivity index (χ3n) is 4.78. The van der Waals surface area contributed by atoms with Crippen molar-refractivity contribution in [1.82, 2.24) is 4.98 Å². The fourth-order valence-corrected chi connectivity index (χ4v) is 4.93. The Labute approximate surface area is 177 Å². The van der Waals surface area contributed by atoms with Crippen LogP contribution in [0.2, 0.25) is 0 Å². The Bertz CT molecular complexity index is 1150. The topological polar surface area (TPSA) is 79.4 Å². The molecule has 1 amide bonds. The first-order valence-corrected chi connectivity index (χ1v) is 11.1. The normalized spacial score (nSPS) is 11.2. The van der Waals surface area contributed by atoms with Crippen LogP contribution in [-0.4, -0.2) is 25.9 Å². The first-order chi connectivity index (χ1) is 14.2. The first kappa shape index (κ1) is 21.5. The molecule has 0 atom stereocenters. The van der Waals surface area contributed by atoms with Gasteiger partial charge < -0.3 is 5.32 Å². The maximum Gasteiger partial charge on any atom is 0.264 e. The second-order valence-corrected chi connectivity index (χ2v) is 8.89. The molecule has 2 aromatic carbocycles. The lowest BCUT2D eigenvalue weighted by atomic mass is 10.1. The molecule has 3 rings (SSSR count). The quantitative estimate of drug-likeness (QED) is 0.634. The fraction of sp³-hybridized carbons (Fsp3) is 0.217. The van der Waals surface area contributed by atoms with Gasteiger partial charge in [0.05, 0.1) is 22.0 Å². The number of pyridine rings is 1. The van der Waals surface area contributed by atoms with Gasteiger partial charge in [-0.05, 0) is 69.7 Å². The van der Waals surface area contributed by atoms with Gasteiger partial charge in [0, 0.05) is 17.8 Å². The number of rotatable bonds is 6. The number of sulfonamides is 1. The van der Waals surface area contributed by atoms with E-state index < -0.39 is 10.0 Å². The third-order valence-corrected chi connectivity index (χ3v) is 6.68. The highest BCUT2D eigenvalue weighted by atomic mass is 32.2. The number of amides is 1. The van der Waals surface area contributed by atoms with E-state index in [1.54, 1.807) is 43.3 Å². The zero-order valence-electron chi connectivity index (χ0n) is 17.5. The molecule has 0 aliphatic carbocycles. The van der Waals surface area contributed by atoms with Gasteiger partial charge in [0.2, 0.25) is 0 Å². The van der Waals surface area contributed by atoms with Crippen LogP contribution in [0, 0.1) is 20.8 Å². The van der Waals surface area contributed by atoms with Crippen molar-refractivity contribution >= 4 is 27.3 Å². The molecule has 6 nitrogen and oxygen atoms in total.